The van der Waals surface area contributed by atoms with Crippen molar-refractivity contribution in [3.05, 3.63) is 47.7 Å². The number of hydrogen-bond donors (Lipinski definition) is 2. The molecular weight excluding hydrogens is 525 g/mol. The van der Waals surface area contributed by atoms with Gasteiger partial charge < -0.3 is 15.0 Å². The number of anilines is 1. The van der Waals surface area contributed by atoms with E-state index in [0.717, 1.165) is 24.1 Å². The molecule has 2 N–H and O–H groups in total. The number of nitrogens with zero attached hydrogens (tertiary/aromatic N) is 3. The Morgan fingerprint density at radius 1 is 1.18 bits per heavy atom. The van der Waals surface area contributed by atoms with E-state index in [2.05, 4.69) is 25.2 Å². The normalized spacial score (nSPS) is 17.5. The third-order valence-corrected chi connectivity index (χ3v) is 6.62. The van der Waals surface area contributed by atoms with E-state index in [1.807, 2.05) is 0 Å². The summed E-state index contributed by atoms with van der Waals surface area (Å²) in [5.41, 5.74) is 1.41. The Bertz CT molecular complexity index is 1310. The molecule has 210 valence electrons. The van der Waals surface area contributed by atoms with Crippen molar-refractivity contribution in [1.82, 2.24) is 20.1 Å². The monoisotopic (exact) mass is 553 g/mol. The Balaban J connectivity index is 1.25. The number of H-pyrrole nitrogens is 1. The summed E-state index contributed by atoms with van der Waals surface area (Å²) in [5, 5.41) is 9.15. The van der Waals surface area contributed by atoms with Gasteiger partial charge in [-0.1, -0.05) is 0 Å². The van der Waals surface area contributed by atoms with Crippen LogP contribution in [-0.4, -0.2) is 63.7 Å². The lowest BCUT2D eigenvalue weighted by Gasteiger charge is -2.24. The van der Waals surface area contributed by atoms with Crippen LogP contribution < -0.4 is 10.1 Å². The van der Waals surface area contributed by atoms with Crippen molar-refractivity contribution in [2.24, 2.45) is 0 Å². The fraction of sp³-hybridized carbons (Fsp3) is 0.462. The van der Waals surface area contributed by atoms with E-state index in [-0.39, 0.29) is 50.0 Å². The van der Waals surface area contributed by atoms with Crippen molar-refractivity contribution in [3.8, 4) is 5.75 Å². The lowest BCUT2D eigenvalue weighted by molar-refractivity contribution is -0.137. The molecule has 2 aromatic heterocycles. The van der Waals surface area contributed by atoms with Crippen LogP contribution in [0.2, 0.25) is 0 Å². The number of benzene rings is 1. The fourth-order valence-corrected chi connectivity index (χ4v) is 4.69. The first-order chi connectivity index (χ1) is 18.6. The van der Waals surface area contributed by atoms with Crippen LogP contribution in [0.4, 0.5) is 27.8 Å². The molecule has 1 saturated heterocycles. The molecule has 0 bridgehead atoms. The van der Waals surface area contributed by atoms with Crippen LogP contribution in [0, 0.1) is 11.6 Å². The minimum absolute atomic E-state index is 0.0251. The number of carbonyl (C=O) groups is 2. The number of methoxy groups -OCH3 is 1. The minimum atomic E-state index is -3.11. The van der Waals surface area contributed by atoms with Gasteiger partial charge in [-0.3, -0.25) is 14.7 Å². The third-order valence-electron chi connectivity index (χ3n) is 6.62. The first-order valence-electron chi connectivity index (χ1n) is 12.5. The molecule has 8 nitrogen and oxygen atoms in total. The van der Waals surface area contributed by atoms with Gasteiger partial charge in [-0.15, -0.1) is 0 Å². The molecule has 39 heavy (non-hydrogen) atoms. The lowest BCUT2D eigenvalue weighted by atomic mass is 10.0. The van der Waals surface area contributed by atoms with Crippen LogP contribution in [-0.2, 0) is 16.0 Å². The van der Waals surface area contributed by atoms with Crippen LogP contribution >= 0.6 is 0 Å². The van der Waals surface area contributed by atoms with Crippen LogP contribution in [0.1, 0.15) is 44.1 Å². The standard InChI is InChI=1S/C26H28F5N5O3/c1-39-24-17(28)10-15(11-18(24)29)4-2-8-26(30,31)9-3-5-23(37)36-14-16(27)12-21(36)25(38)34-22-7-6-19-20(33-22)13-32-35-19/h6-7,10-11,13,16,21H,2-5,8-9,12,14H2,1H3,(H,32,35)(H,33,34,38)/t16-,21-/m1/s1. The Labute approximate surface area is 220 Å². The number of ether oxygens (including phenoxy) is 1. The van der Waals surface area contributed by atoms with Crippen LogP contribution in [0.15, 0.2) is 30.5 Å². The summed E-state index contributed by atoms with van der Waals surface area (Å²) in [4.78, 5) is 30.8. The number of fused-ring (bicyclic) bond motifs is 1. The zero-order chi connectivity index (χ0) is 28.2. The molecule has 0 spiro atoms. The van der Waals surface area contributed by atoms with E-state index < -0.39 is 60.2 Å². The summed E-state index contributed by atoms with van der Waals surface area (Å²) >= 11 is 0. The number of halogens is 5. The molecule has 2 atom stereocenters. The predicted molar refractivity (Wildman–Crippen MR) is 132 cm³/mol. The van der Waals surface area contributed by atoms with E-state index in [1.54, 1.807) is 6.07 Å². The molecular formula is C26H28F5N5O3. The number of aromatic nitrogens is 3. The SMILES string of the molecule is COc1c(F)cc(CCCC(F)(F)CCCC(=O)N2C[C@H](F)C[C@@H]2C(=O)Nc2ccc3[nH]ncc3n2)cc1F. The highest BCUT2D eigenvalue weighted by molar-refractivity contribution is 5.97. The molecule has 3 aromatic rings. The first-order valence-corrected chi connectivity index (χ1v) is 12.5. The van der Waals surface area contributed by atoms with Crippen molar-refractivity contribution in [3.63, 3.8) is 0 Å². The van der Waals surface area contributed by atoms with E-state index in [4.69, 9.17) is 0 Å². The number of amides is 2. The number of aryl methyl sites for hydroxylation is 1. The van der Waals surface area contributed by atoms with Gasteiger partial charge in [0.15, 0.2) is 17.4 Å². The summed E-state index contributed by atoms with van der Waals surface area (Å²) in [7, 11) is 1.13. The number of aromatic amines is 1. The molecule has 1 aliphatic heterocycles. The molecule has 1 aromatic carbocycles. The summed E-state index contributed by atoms with van der Waals surface area (Å²) in [6.45, 7) is -0.295. The summed E-state index contributed by atoms with van der Waals surface area (Å²) in [5.74, 6) is -6.44. The second kappa shape index (κ2) is 12.0. The van der Waals surface area contributed by atoms with Gasteiger partial charge in [-0.2, -0.15) is 5.10 Å². The maximum absolute atomic E-state index is 14.4. The fourth-order valence-electron chi connectivity index (χ4n) is 4.69. The molecule has 0 unspecified atom stereocenters. The Morgan fingerprint density at radius 3 is 2.62 bits per heavy atom. The van der Waals surface area contributed by atoms with Crippen LogP contribution in [0.5, 0.6) is 5.75 Å². The highest BCUT2D eigenvalue weighted by Crippen LogP contribution is 2.30. The summed E-state index contributed by atoms with van der Waals surface area (Å²) < 4.78 is 75.1. The second-order valence-corrected chi connectivity index (χ2v) is 9.54. The van der Waals surface area contributed by atoms with Crippen molar-refractivity contribution in [2.75, 3.05) is 19.0 Å². The first kappa shape index (κ1) is 28.2. The smallest absolute Gasteiger partial charge is 0.248 e. The highest BCUT2D eigenvalue weighted by atomic mass is 19.3. The maximum atomic E-state index is 14.4. The van der Waals surface area contributed by atoms with Gasteiger partial charge in [-0.25, -0.2) is 26.9 Å². The van der Waals surface area contributed by atoms with E-state index in [9.17, 15) is 31.5 Å². The largest absolute Gasteiger partial charge is 0.491 e. The van der Waals surface area contributed by atoms with Crippen molar-refractivity contribution in [2.45, 2.75) is 63.1 Å². The van der Waals surface area contributed by atoms with Crippen molar-refractivity contribution < 1.29 is 36.3 Å². The Hall–Kier alpha value is -3.77. The predicted octanol–water partition coefficient (Wildman–Crippen LogP) is 4.95. The van der Waals surface area contributed by atoms with Crippen LogP contribution in [0.25, 0.3) is 11.0 Å². The third kappa shape index (κ3) is 7.01. The van der Waals surface area contributed by atoms with Crippen molar-refractivity contribution in [1.29, 1.82) is 0 Å². The molecule has 1 aliphatic rings. The van der Waals surface area contributed by atoms with E-state index >= 15 is 0 Å². The molecule has 0 radical (unpaired) electrons. The molecule has 1 fully saturated rings. The molecule has 4 rings (SSSR count). The average molecular weight is 554 g/mol. The average Bonchev–Trinajstić information content (AvgIpc) is 3.50. The van der Waals surface area contributed by atoms with Crippen LogP contribution in [0.3, 0.4) is 0 Å². The maximum Gasteiger partial charge on any atom is 0.248 e. The topological polar surface area (TPSA) is 100 Å². The van der Waals surface area contributed by atoms with Gasteiger partial charge in [0.25, 0.3) is 0 Å². The number of carbonyl (C=O) groups excluding carboxylic acids is 2. The number of likely N-dealkylation sites (tertiary alicyclic amines) is 1. The van der Waals surface area contributed by atoms with Gasteiger partial charge in [0.2, 0.25) is 17.7 Å². The van der Waals surface area contributed by atoms with Gasteiger partial charge in [-0.05, 0) is 49.1 Å². The number of pyridine rings is 1. The zero-order valence-electron chi connectivity index (χ0n) is 21.2. The molecule has 3 heterocycles. The number of alkyl halides is 3. The lowest BCUT2D eigenvalue weighted by Crippen LogP contribution is -2.43. The van der Waals surface area contributed by atoms with Crippen molar-refractivity contribution >= 4 is 28.7 Å². The quantitative estimate of drug-likeness (QED) is 0.328. The van der Waals surface area contributed by atoms with Gasteiger partial charge >= 0.3 is 0 Å². The highest BCUT2D eigenvalue weighted by Gasteiger charge is 2.40. The number of hydrogen-bond acceptors (Lipinski definition) is 5. The van der Waals surface area contributed by atoms with Gasteiger partial charge in [0, 0.05) is 25.7 Å². The molecule has 13 heteroatoms. The Morgan fingerprint density at radius 2 is 1.90 bits per heavy atom. The van der Waals surface area contributed by atoms with E-state index in [1.165, 1.54) is 12.3 Å². The summed E-state index contributed by atoms with van der Waals surface area (Å²) in [6, 6.07) is 4.21. The minimum Gasteiger partial charge on any atom is -0.491 e. The van der Waals surface area contributed by atoms with Gasteiger partial charge in [0.05, 0.1) is 25.4 Å². The number of nitrogens with one attached hydrogen (secondary N) is 2. The second-order valence-electron chi connectivity index (χ2n) is 9.54. The number of rotatable bonds is 11. The zero-order valence-corrected chi connectivity index (χ0v) is 21.2. The van der Waals surface area contributed by atoms with Gasteiger partial charge in [0.1, 0.15) is 23.5 Å². The molecule has 2 amide bonds. The molecule has 0 aliphatic carbocycles. The summed E-state index contributed by atoms with van der Waals surface area (Å²) in [6.07, 6.45) is -1.70. The Kier molecular flexibility index (Phi) is 8.66. The van der Waals surface area contributed by atoms with E-state index in [0.29, 0.717) is 11.0 Å². The molecule has 0 saturated carbocycles.